The number of hydrogen-bond acceptors (Lipinski definition) is 2. The maximum Gasteiger partial charge on any atom is 0.268 e. The van der Waals surface area contributed by atoms with E-state index in [0.717, 1.165) is 17.5 Å². The molecule has 0 aliphatic heterocycles. The second-order valence-electron chi connectivity index (χ2n) is 5.98. The molecule has 0 saturated heterocycles. The van der Waals surface area contributed by atoms with Crippen molar-refractivity contribution in [3.63, 3.8) is 0 Å². The van der Waals surface area contributed by atoms with E-state index in [-0.39, 0.29) is 23.6 Å². The third kappa shape index (κ3) is 6.40. The zero-order valence-electron chi connectivity index (χ0n) is 15.1. The molecule has 1 unspecified atom stereocenters. The van der Waals surface area contributed by atoms with Crippen LogP contribution in [0.5, 0.6) is 0 Å². The minimum absolute atomic E-state index is 0.0263. The Bertz CT molecular complexity index is 780. The summed E-state index contributed by atoms with van der Waals surface area (Å²) in [6.07, 6.45) is 5.62. The van der Waals surface area contributed by atoms with E-state index in [9.17, 15) is 9.59 Å². The molecule has 134 valence electrons. The van der Waals surface area contributed by atoms with Crippen molar-refractivity contribution in [1.82, 2.24) is 10.6 Å². The summed E-state index contributed by atoms with van der Waals surface area (Å²) in [5.74, 6) is -0.653. The average molecular weight is 348 g/mol. The summed E-state index contributed by atoms with van der Waals surface area (Å²) in [7, 11) is 0. The topological polar surface area (TPSA) is 58.2 Å². The first-order valence-corrected chi connectivity index (χ1v) is 8.70. The number of carbonyl (C=O) groups excluding carboxylic acids is 2. The Morgan fingerprint density at radius 2 is 1.54 bits per heavy atom. The SMILES string of the molecule is CCC(C)NC(=O)C(=Cc1ccccc1)NC(=O)C=Cc1ccccc1. The fraction of sp³-hybridized carbons (Fsp3) is 0.182. The van der Waals surface area contributed by atoms with Crippen LogP contribution in [0.4, 0.5) is 0 Å². The zero-order chi connectivity index (χ0) is 18.8. The molecular weight excluding hydrogens is 324 g/mol. The van der Waals surface area contributed by atoms with Crippen LogP contribution in [-0.2, 0) is 9.59 Å². The van der Waals surface area contributed by atoms with Crippen molar-refractivity contribution in [2.24, 2.45) is 0 Å². The fourth-order valence-electron chi connectivity index (χ4n) is 2.19. The van der Waals surface area contributed by atoms with Gasteiger partial charge < -0.3 is 10.6 Å². The van der Waals surface area contributed by atoms with Gasteiger partial charge in [0.2, 0.25) is 5.91 Å². The predicted molar refractivity (Wildman–Crippen MR) is 106 cm³/mol. The highest BCUT2D eigenvalue weighted by molar-refractivity contribution is 6.04. The molecule has 0 fully saturated rings. The van der Waals surface area contributed by atoms with Crippen molar-refractivity contribution in [2.45, 2.75) is 26.3 Å². The van der Waals surface area contributed by atoms with Gasteiger partial charge in [0, 0.05) is 12.1 Å². The molecule has 2 rings (SSSR count). The molecule has 0 saturated carbocycles. The Labute approximate surface area is 154 Å². The Hall–Kier alpha value is -3.14. The van der Waals surface area contributed by atoms with Crippen LogP contribution in [0.2, 0.25) is 0 Å². The molecule has 0 bridgehead atoms. The van der Waals surface area contributed by atoms with E-state index >= 15 is 0 Å². The van der Waals surface area contributed by atoms with Crippen molar-refractivity contribution in [1.29, 1.82) is 0 Å². The Morgan fingerprint density at radius 3 is 2.12 bits per heavy atom. The highest BCUT2D eigenvalue weighted by Gasteiger charge is 2.13. The van der Waals surface area contributed by atoms with Gasteiger partial charge in [-0.1, -0.05) is 67.6 Å². The van der Waals surface area contributed by atoms with Crippen LogP contribution in [0.15, 0.2) is 72.4 Å². The molecule has 26 heavy (non-hydrogen) atoms. The number of carbonyl (C=O) groups is 2. The third-order valence-corrected chi connectivity index (χ3v) is 3.83. The lowest BCUT2D eigenvalue weighted by atomic mass is 10.1. The minimum atomic E-state index is -0.352. The predicted octanol–water partition coefficient (Wildman–Crippen LogP) is 3.77. The van der Waals surface area contributed by atoms with Crippen LogP contribution < -0.4 is 10.6 Å². The van der Waals surface area contributed by atoms with Crippen molar-refractivity contribution >= 4 is 24.0 Å². The van der Waals surface area contributed by atoms with Crippen LogP contribution in [-0.4, -0.2) is 17.9 Å². The summed E-state index contributed by atoms with van der Waals surface area (Å²) in [5, 5.41) is 5.57. The highest BCUT2D eigenvalue weighted by Crippen LogP contribution is 2.06. The lowest BCUT2D eigenvalue weighted by Crippen LogP contribution is -2.38. The van der Waals surface area contributed by atoms with Crippen molar-refractivity contribution in [3.8, 4) is 0 Å². The quantitative estimate of drug-likeness (QED) is 0.748. The average Bonchev–Trinajstić information content (AvgIpc) is 2.67. The Morgan fingerprint density at radius 1 is 0.962 bits per heavy atom. The van der Waals surface area contributed by atoms with Crippen LogP contribution in [0.3, 0.4) is 0 Å². The number of nitrogens with one attached hydrogen (secondary N) is 2. The van der Waals surface area contributed by atoms with E-state index in [1.54, 1.807) is 12.2 Å². The molecular formula is C22H24N2O2. The van der Waals surface area contributed by atoms with Gasteiger partial charge in [0.1, 0.15) is 5.70 Å². The molecule has 0 heterocycles. The van der Waals surface area contributed by atoms with E-state index in [1.165, 1.54) is 6.08 Å². The summed E-state index contributed by atoms with van der Waals surface area (Å²) in [5.41, 5.74) is 1.98. The fourth-order valence-corrected chi connectivity index (χ4v) is 2.19. The van der Waals surface area contributed by atoms with E-state index in [2.05, 4.69) is 10.6 Å². The Balaban J connectivity index is 2.15. The van der Waals surface area contributed by atoms with Gasteiger partial charge in [-0.3, -0.25) is 9.59 Å². The molecule has 1 atom stereocenters. The summed E-state index contributed by atoms with van der Waals surface area (Å²) < 4.78 is 0. The van der Waals surface area contributed by atoms with Gasteiger partial charge in [0.05, 0.1) is 0 Å². The van der Waals surface area contributed by atoms with E-state index in [0.29, 0.717) is 0 Å². The summed E-state index contributed by atoms with van der Waals surface area (Å²) >= 11 is 0. The molecule has 0 aromatic heterocycles. The molecule has 2 amide bonds. The van der Waals surface area contributed by atoms with Crippen molar-refractivity contribution in [2.75, 3.05) is 0 Å². The van der Waals surface area contributed by atoms with Gasteiger partial charge in [0.25, 0.3) is 5.91 Å². The molecule has 2 aromatic rings. The van der Waals surface area contributed by atoms with Crippen LogP contribution >= 0.6 is 0 Å². The smallest absolute Gasteiger partial charge is 0.268 e. The third-order valence-electron chi connectivity index (χ3n) is 3.83. The van der Waals surface area contributed by atoms with Gasteiger partial charge in [-0.15, -0.1) is 0 Å². The maximum absolute atomic E-state index is 12.5. The second kappa shape index (κ2) is 9.99. The summed E-state index contributed by atoms with van der Waals surface area (Å²) in [6, 6.07) is 19.0. The van der Waals surface area contributed by atoms with Crippen LogP contribution in [0.25, 0.3) is 12.2 Å². The number of benzene rings is 2. The molecule has 4 heteroatoms. The van der Waals surface area contributed by atoms with E-state index < -0.39 is 0 Å². The van der Waals surface area contributed by atoms with Crippen molar-refractivity contribution in [3.05, 3.63) is 83.6 Å². The molecule has 2 N–H and O–H groups in total. The molecule has 4 nitrogen and oxygen atoms in total. The summed E-state index contributed by atoms with van der Waals surface area (Å²) in [6.45, 7) is 3.92. The molecule has 0 spiro atoms. The van der Waals surface area contributed by atoms with Gasteiger partial charge in [0.15, 0.2) is 0 Å². The lowest BCUT2D eigenvalue weighted by molar-refractivity contribution is -0.121. The molecule has 2 aromatic carbocycles. The maximum atomic E-state index is 12.5. The van der Waals surface area contributed by atoms with E-state index in [1.807, 2.05) is 74.5 Å². The lowest BCUT2D eigenvalue weighted by Gasteiger charge is -2.14. The first kappa shape index (κ1) is 19.2. The number of amides is 2. The monoisotopic (exact) mass is 348 g/mol. The number of rotatable bonds is 7. The molecule has 0 radical (unpaired) electrons. The van der Waals surface area contributed by atoms with E-state index in [4.69, 9.17) is 0 Å². The standard InChI is InChI=1S/C22H24N2O2/c1-3-17(2)23-22(26)20(16-19-12-8-5-9-13-19)24-21(25)15-14-18-10-6-4-7-11-18/h4-17H,3H2,1-2H3,(H,23,26)(H,24,25). The van der Waals surface area contributed by atoms with Crippen molar-refractivity contribution < 1.29 is 9.59 Å². The zero-order valence-corrected chi connectivity index (χ0v) is 15.1. The van der Waals surface area contributed by atoms with Gasteiger partial charge in [-0.05, 0) is 36.6 Å². The van der Waals surface area contributed by atoms with Gasteiger partial charge >= 0.3 is 0 Å². The minimum Gasteiger partial charge on any atom is -0.348 e. The van der Waals surface area contributed by atoms with Gasteiger partial charge in [-0.2, -0.15) is 0 Å². The summed E-state index contributed by atoms with van der Waals surface area (Å²) in [4.78, 5) is 24.8. The van der Waals surface area contributed by atoms with Crippen LogP contribution in [0.1, 0.15) is 31.4 Å². The number of hydrogen-bond donors (Lipinski definition) is 2. The van der Waals surface area contributed by atoms with Gasteiger partial charge in [-0.25, -0.2) is 0 Å². The largest absolute Gasteiger partial charge is 0.348 e. The first-order chi connectivity index (χ1) is 12.6. The Kier molecular flexibility index (Phi) is 7.37. The highest BCUT2D eigenvalue weighted by atomic mass is 16.2. The molecule has 0 aliphatic carbocycles. The van der Waals surface area contributed by atoms with Crippen LogP contribution in [0, 0.1) is 0 Å². The second-order valence-corrected chi connectivity index (χ2v) is 5.98. The molecule has 0 aliphatic rings. The normalized spacial score (nSPS) is 12.6. The first-order valence-electron chi connectivity index (χ1n) is 8.70.